The summed E-state index contributed by atoms with van der Waals surface area (Å²) in [6, 6.07) is 10.5. The lowest BCUT2D eigenvalue weighted by atomic mass is 9.87. The lowest BCUT2D eigenvalue weighted by Crippen LogP contribution is -2.28. The van der Waals surface area contributed by atoms with Crippen molar-refractivity contribution < 1.29 is 17.6 Å². The Morgan fingerprint density at radius 3 is 2.30 bits per heavy atom. The highest BCUT2D eigenvalue weighted by molar-refractivity contribution is 7.89. The van der Waals surface area contributed by atoms with Crippen LogP contribution >= 0.6 is 11.6 Å². The lowest BCUT2D eigenvalue weighted by Gasteiger charge is -2.19. The zero-order chi connectivity index (χ0) is 20.2. The van der Waals surface area contributed by atoms with E-state index in [2.05, 4.69) is 10.0 Å². The first kappa shape index (κ1) is 21.3. The van der Waals surface area contributed by atoms with E-state index in [0.717, 1.165) is 11.6 Å². The van der Waals surface area contributed by atoms with Crippen LogP contribution in [0.4, 0.5) is 10.1 Å². The van der Waals surface area contributed by atoms with E-state index in [1.54, 1.807) is 12.1 Å². The Kier molecular flexibility index (Phi) is 6.62. The van der Waals surface area contributed by atoms with Crippen LogP contribution in [0.5, 0.6) is 0 Å². The van der Waals surface area contributed by atoms with Crippen LogP contribution in [0.2, 0.25) is 5.02 Å². The van der Waals surface area contributed by atoms with Crippen molar-refractivity contribution in [3.63, 3.8) is 0 Å². The van der Waals surface area contributed by atoms with Gasteiger partial charge in [-0.05, 0) is 41.3 Å². The van der Waals surface area contributed by atoms with Crippen LogP contribution in [-0.4, -0.2) is 20.9 Å². The predicted molar refractivity (Wildman–Crippen MR) is 105 cm³/mol. The molecule has 1 amide bonds. The van der Waals surface area contributed by atoms with Crippen LogP contribution in [0.15, 0.2) is 47.4 Å². The molecule has 2 aromatic carbocycles. The highest BCUT2D eigenvalue weighted by Gasteiger charge is 2.18. The van der Waals surface area contributed by atoms with Gasteiger partial charge in [-0.15, -0.1) is 0 Å². The molecular formula is C19H22ClFN2O3S. The second kappa shape index (κ2) is 8.37. The number of carbonyl (C=O) groups excluding carboxylic acids is 1. The first-order valence-corrected chi connectivity index (χ1v) is 10.2. The van der Waals surface area contributed by atoms with Gasteiger partial charge in [0.2, 0.25) is 15.9 Å². The number of amides is 1. The van der Waals surface area contributed by atoms with Gasteiger partial charge in [0.15, 0.2) is 0 Å². The molecule has 0 spiro atoms. The van der Waals surface area contributed by atoms with Crippen molar-refractivity contribution in [2.45, 2.75) is 37.5 Å². The standard InChI is InChI=1S/C19H22ClFN2O3S/c1-19(2,3)13-4-7-15(8-5-13)27(25,26)22-11-10-18(24)23-17-9-6-14(20)12-16(17)21/h4-9,12,22H,10-11H2,1-3H3,(H,23,24). The smallest absolute Gasteiger partial charge is 0.240 e. The number of sulfonamides is 1. The molecule has 0 saturated heterocycles. The molecule has 0 heterocycles. The number of anilines is 1. The van der Waals surface area contributed by atoms with Gasteiger partial charge < -0.3 is 5.32 Å². The molecular weight excluding hydrogens is 391 g/mol. The van der Waals surface area contributed by atoms with E-state index in [-0.39, 0.29) is 34.0 Å². The highest BCUT2D eigenvalue weighted by atomic mass is 35.5. The van der Waals surface area contributed by atoms with Gasteiger partial charge >= 0.3 is 0 Å². The number of hydrogen-bond acceptors (Lipinski definition) is 3. The topological polar surface area (TPSA) is 75.3 Å². The Morgan fingerprint density at radius 1 is 1.11 bits per heavy atom. The molecule has 0 unspecified atom stereocenters. The van der Waals surface area contributed by atoms with Gasteiger partial charge in [0.25, 0.3) is 0 Å². The SMILES string of the molecule is CC(C)(C)c1ccc(S(=O)(=O)NCCC(=O)Nc2ccc(Cl)cc2F)cc1. The van der Waals surface area contributed by atoms with Crippen LogP contribution in [0.25, 0.3) is 0 Å². The maximum atomic E-state index is 13.6. The van der Waals surface area contributed by atoms with Gasteiger partial charge in [-0.3, -0.25) is 4.79 Å². The maximum Gasteiger partial charge on any atom is 0.240 e. The number of rotatable bonds is 6. The fraction of sp³-hybridized carbons (Fsp3) is 0.316. The van der Waals surface area contributed by atoms with E-state index in [4.69, 9.17) is 11.6 Å². The largest absolute Gasteiger partial charge is 0.324 e. The van der Waals surface area contributed by atoms with E-state index in [1.807, 2.05) is 20.8 Å². The number of benzene rings is 2. The Morgan fingerprint density at radius 2 is 1.74 bits per heavy atom. The van der Waals surface area contributed by atoms with E-state index in [1.165, 1.54) is 24.3 Å². The van der Waals surface area contributed by atoms with Crippen molar-refractivity contribution in [3.8, 4) is 0 Å². The molecule has 0 bridgehead atoms. The zero-order valence-corrected chi connectivity index (χ0v) is 16.9. The van der Waals surface area contributed by atoms with Crippen LogP contribution in [-0.2, 0) is 20.2 Å². The molecule has 27 heavy (non-hydrogen) atoms. The average Bonchev–Trinajstić information content (AvgIpc) is 2.56. The fourth-order valence-electron chi connectivity index (χ4n) is 2.32. The fourth-order valence-corrected chi connectivity index (χ4v) is 3.51. The van der Waals surface area contributed by atoms with Crippen molar-refractivity contribution >= 4 is 33.2 Å². The maximum absolute atomic E-state index is 13.6. The van der Waals surface area contributed by atoms with E-state index < -0.39 is 21.7 Å². The van der Waals surface area contributed by atoms with Crippen LogP contribution in [0, 0.1) is 5.82 Å². The summed E-state index contributed by atoms with van der Waals surface area (Å²) in [5.41, 5.74) is 0.931. The third-order valence-electron chi connectivity index (χ3n) is 3.88. The van der Waals surface area contributed by atoms with Gasteiger partial charge in [0.05, 0.1) is 10.6 Å². The second-order valence-corrected chi connectivity index (χ2v) is 9.30. The Bertz CT molecular complexity index is 923. The van der Waals surface area contributed by atoms with Crippen molar-refractivity contribution in [2.75, 3.05) is 11.9 Å². The van der Waals surface area contributed by atoms with E-state index in [9.17, 15) is 17.6 Å². The summed E-state index contributed by atoms with van der Waals surface area (Å²) >= 11 is 5.65. The van der Waals surface area contributed by atoms with Gasteiger partial charge in [0, 0.05) is 18.0 Å². The molecule has 0 radical (unpaired) electrons. The summed E-state index contributed by atoms with van der Waals surface area (Å²) in [6.07, 6.45) is -0.138. The molecule has 0 fully saturated rings. The third kappa shape index (κ3) is 6.02. The predicted octanol–water partition coefficient (Wildman–Crippen LogP) is 4.08. The monoisotopic (exact) mass is 412 g/mol. The van der Waals surface area contributed by atoms with E-state index >= 15 is 0 Å². The van der Waals surface area contributed by atoms with Gasteiger partial charge in [-0.2, -0.15) is 0 Å². The Balaban J connectivity index is 1.92. The number of halogens is 2. The van der Waals surface area contributed by atoms with E-state index in [0.29, 0.717) is 0 Å². The Hall–Kier alpha value is -1.96. The summed E-state index contributed by atoms with van der Waals surface area (Å²) in [7, 11) is -3.73. The molecule has 0 atom stereocenters. The normalized spacial score (nSPS) is 12.0. The quantitative estimate of drug-likeness (QED) is 0.750. The number of hydrogen-bond donors (Lipinski definition) is 2. The molecule has 2 aromatic rings. The third-order valence-corrected chi connectivity index (χ3v) is 5.59. The molecule has 2 N–H and O–H groups in total. The first-order valence-electron chi connectivity index (χ1n) is 8.34. The molecule has 0 aromatic heterocycles. The average molecular weight is 413 g/mol. The number of nitrogens with one attached hydrogen (secondary N) is 2. The van der Waals surface area contributed by atoms with Gasteiger partial charge in [-0.1, -0.05) is 44.5 Å². The summed E-state index contributed by atoms with van der Waals surface area (Å²) in [5, 5.41) is 2.60. The van der Waals surface area contributed by atoms with Crippen molar-refractivity contribution in [3.05, 3.63) is 58.9 Å². The molecule has 146 valence electrons. The molecule has 0 aliphatic heterocycles. The van der Waals surface area contributed by atoms with Crippen molar-refractivity contribution in [1.29, 1.82) is 0 Å². The summed E-state index contributed by atoms with van der Waals surface area (Å²) in [6.45, 7) is 6.01. The van der Waals surface area contributed by atoms with Crippen molar-refractivity contribution in [2.24, 2.45) is 0 Å². The minimum Gasteiger partial charge on any atom is -0.324 e. The van der Waals surface area contributed by atoms with Crippen LogP contribution in [0.3, 0.4) is 0 Å². The molecule has 0 aliphatic carbocycles. The minimum atomic E-state index is -3.73. The molecule has 2 rings (SSSR count). The van der Waals surface area contributed by atoms with Gasteiger partial charge in [-0.25, -0.2) is 17.5 Å². The van der Waals surface area contributed by atoms with Crippen LogP contribution in [0.1, 0.15) is 32.8 Å². The molecule has 8 heteroatoms. The van der Waals surface area contributed by atoms with Crippen LogP contribution < -0.4 is 10.0 Å². The first-order chi connectivity index (χ1) is 12.5. The Labute approximate surface area is 164 Å². The second-order valence-electron chi connectivity index (χ2n) is 7.09. The summed E-state index contributed by atoms with van der Waals surface area (Å²) < 4.78 is 40.6. The highest BCUT2D eigenvalue weighted by Crippen LogP contribution is 2.23. The lowest BCUT2D eigenvalue weighted by molar-refractivity contribution is -0.116. The van der Waals surface area contributed by atoms with Gasteiger partial charge in [0.1, 0.15) is 5.82 Å². The van der Waals surface area contributed by atoms with Crippen molar-refractivity contribution in [1.82, 2.24) is 4.72 Å². The summed E-state index contributed by atoms with van der Waals surface area (Å²) in [4.78, 5) is 12.0. The minimum absolute atomic E-state index is 0.00924. The molecule has 5 nitrogen and oxygen atoms in total. The zero-order valence-electron chi connectivity index (χ0n) is 15.3. The molecule has 0 saturated carbocycles. The molecule has 0 aliphatic rings. The number of carbonyl (C=O) groups is 1. The summed E-state index contributed by atoms with van der Waals surface area (Å²) in [5.74, 6) is -1.17.